The van der Waals surface area contributed by atoms with Gasteiger partial charge in [0, 0.05) is 18.5 Å². The Kier molecular flexibility index (Phi) is 7.74. The van der Waals surface area contributed by atoms with Crippen LogP contribution in [0.15, 0.2) is 109 Å². The summed E-state index contributed by atoms with van der Waals surface area (Å²) in [6.07, 6.45) is 0.768. The lowest BCUT2D eigenvalue weighted by atomic mass is 10.1. The SMILES string of the molecule is O=C(NCc1cccc(OCCCOc2cccc(-c3ccccc3)c2)c1)c1ccccc1. The Bertz CT molecular complexity index is 1160. The van der Waals surface area contributed by atoms with Crippen LogP contribution in [0.1, 0.15) is 22.3 Å². The van der Waals surface area contributed by atoms with Gasteiger partial charge in [0.2, 0.25) is 0 Å². The van der Waals surface area contributed by atoms with Gasteiger partial charge in [0.15, 0.2) is 0 Å². The maximum absolute atomic E-state index is 12.2. The highest BCUT2D eigenvalue weighted by Crippen LogP contribution is 2.23. The number of hydrogen-bond acceptors (Lipinski definition) is 3. The highest BCUT2D eigenvalue weighted by atomic mass is 16.5. The van der Waals surface area contributed by atoms with Gasteiger partial charge in [0.1, 0.15) is 11.5 Å². The molecule has 0 spiro atoms. The Morgan fingerprint density at radius 1 is 0.636 bits per heavy atom. The van der Waals surface area contributed by atoms with Gasteiger partial charge in [0.25, 0.3) is 5.91 Å². The predicted octanol–water partition coefficient (Wildman–Crippen LogP) is 6.13. The highest BCUT2D eigenvalue weighted by Gasteiger charge is 2.05. The van der Waals surface area contributed by atoms with Crippen molar-refractivity contribution in [3.05, 3.63) is 120 Å². The molecule has 4 aromatic rings. The van der Waals surface area contributed by atoms with Crippen molar-refractivity contribution in [3.8, 4) is 22.6 Å². The van der Waals surface area contributed by atoms with Crippen LogP contribution >= 0.6 is 0 Å². The minimum absolute atomic E-state index is 0.0876. The zero-order valence-corrected chi connectivity index (χ0v) is 18.4. The molecule has 0 saturated heterocycles. The molecule has 0 saturated carbocycles. The summed E-state index contributed by atoms with van der Waals surface area (Å²) < 4.78 is 11.8. The first-order valence-electron chi connectivity index (χ1n) is 11.1. The second-order valence-corrected chi connectivity index (χ2v) is 7.64. The third kappa shape index (κ3) is 6.71. The molecule has 166 valence electrons. The molecule has 4 rings (SSSR count). The zero-order valence-electron chi connectivity index (χ0n) is 18.4. The van der Waals surface area contributed by atoms with E-state index in [1.54, 1.807) is 12.1 Å². The van der Waals surface area contributed by atoms with E-state index < -0.39 is 0 Å². The Morgan fingerprint density at radius 2 is 1.24 bits per heavy atom. The quantitative estimate of drug-likeness (QED) is 0.304. The van der Waals surface area contributed by atoms with Gasteiger partial charge in [-0.25, -0.2) is 0 Å². The lowest BCUT2D eigenvalue weighted by Crippen LogP contribution is -2.22. The number of carbonyl (C=O) groups is 1. The van der Waals surface area contributed by atoms with Gasteiger partial charge in [-0.3, -0.25) is 4.79 Å². The van der Waals surface area contributed by atoms with Crippen molar-refractivity contribution >= 4 is 5.91 Å². The number of nitrogens with one attached hydrogen (secondary N) is 1. The third-order valence-corrected chi connectivity index (χ3v) is 5.15. The van der Waals surface area contributed by atoms with Crippen LogP contribution in [0.2, 0.25) is 0 Å². The van der Waals surface area contributed by atoms with Crippen molar-refractivity contribution in [1.29, 1.82) is 0 Å². The predicted molar refractivity (Wildman–Crippen MR) is 132 cm³/mol. The van der Waals surface area contributed by atoms with Gasteiger partial charge < -0.3 is 14.8 Å². The first-order valence-corrected chi connectivity index (χ1v) is 11.1. The molecule has 1 amide bonds. The highest BCUT2D eigenvalue weighted by molar-refractivity contribution is 5.94. The number of carbonyl (C=O) groups excluding carboxylic acids is 1. The minimum atomic E-state index is -0.0876. The summed E-state index contributed by atoms with van der Waals surface area (Å²) in [6.45, 7) is 1.58. The average Bonchev–Trinajstić information content (AvgIpc) is 2.88. The summed E-state index contributed by atoms with van der Waals surface area (Å²) in [5.41, 5.74) is 3.96. The van der Waals surface area contributed by atoms with Crippen molar-refractivity contribution in [3.63, 3.8) is 0 Å². The van der Waals surface area contributed by atoms with E-state index in [1.807, 2.05) is 72.8 Å². The molecule has 0 aromatic heterocycles. The van der Waals surface area contributed by atoms with Gasteiger partial charge in [0.05, 0.1) is 13.2 Å². The first kappa shape index (κ1) is 22.2. The monoisotopic (exact) mass is 437 g/mol. The summed E-state index contributed by atoms with van der Waals surface area (Å²) in [6, 6.07) is 35.4. The Balaban J connectivity index is 1.20. The van der Waals surface area contributed by atoms with Gasteiger partial charge in [-0.2, -0.15) is 0 Å². The fourth-order valence-corrected chi connectivity index (χ4v) is 3.45. The molecule has 0 atom stereocenters. The average molecular weight is 438 g/mol. The van der Waals surface area contributed by atoms with Crippen LogP contribution in [0.3, 0.4) is 0 Å². The van der Waals surface area contributed by atoms with Gasteiger partial charge in [-0.15, -0.1) is 0 Å². The lowest BCUT2D eigenvalue weighted by Gasteiger charge is -2.11. The minimum Gasteiger partial charge on any atom is -0.493 e. The molecular weight excluding hydrogens is 410 g/mol. The molecule has 0 aliphatic rings. The molecule has 4 heteroatoms. The second kappa shape index (κ2) is 11.5. The molecule has 0 bridgehead atoms. The Morgan fingerprint density at radius 3 is 1.97 bits per heavy atom. The van der Waals surface area contributed by atoms with Crippen LogP contribution in [0, 0.1) is 0 Å². The number of benzene rings is 4. The maximum atomic E-state index is 12.2. The molecule has 0 aliphatic carbocycles. The third-order valence-electron chi connectivity index (χ3n) is 5.15. The van der Waals surface area contributed by atoms with E-state index in [1.165, 1.54) is 5.56 Å². The fraction of sp³-hybridized carbons (Fsp3) is 0.138. The van der Waals surface area contributed by atoms with E-state index in [0.717, 1.165) is 29.0 Å². The van der Waals surface area contributed by atoms with Crippen molar-refractivity contribution < 1.29 is 14.3 Å². The normalized spacial score (nSPS) is 10.4. The van der Waals surface area contributed by atoms with Gasteiger partial charge >= 0.3 is 0 Å². The summed E-state index contributed by atoms with van der Waals surface area (Å²) in [5, 5.41) is 2.94. The smallest absolute Gasteiger partial charge is 0.251 e. The summed E-state index contributed by atoms with van der Waals surface area (Å²) in [4.78, 5) is 12.2. The van der Waals surface area contributed by atoms with Crippen molar-refractivity contribution in [1.82, 2.24) is 5.32 Å². The molecule has 0 unspecified atom stereocenters. The van der Waals surface area contributed by atoms with E-state index in [2.05, 4.69) is 29.6 Å². The standard InChI is InChI=1S/C29H27NO3/c31-29(25-13-5-2-6-14-25)30-22-23-10-7-16-27(20-23)32-18-9-19-33-28-17-8-15-26(21-28)24-11-3-1-4-12-24/h1-8,10-17,20-21H,9,18-19,22H2,(H,30,31). The van der Waals surface area contributed by atoms with E-state index in [9.17, 15) is 4.79 Å². The molecule has 33 heavy (non-hydrogen) atoms. The zero-order chi connectivity index (χ0) is 22.7. The molecule has 0 aliphatic heterocycles. The largest absolute Gasteiger partial charge is 0.493 e. The number of amides is 1. The maximum Gasteiger partial charge on any atom is 0.251 e. The molecule has 4 nitrogen and oxygen atoms in total. The number of rotatable bonds is 10. The van der Waals surface area contributed by atoms with Crippen LogP contribution in [0.25, 0.3) is 11.1 Å². The van der Waals surface area contributed by atoms with Crippen LogP contribution in [0.5, 0.6) is 11.5 Å². The number of ether oxygens (including phenoxy) is 2. The first-order chi connectivity index (χ1) is 16.3. The molecule has 4 aromatic carbocycles. The van der Waals surface area contributed by atoms with Crippen LogP contribution in [-0.2, 0) is 6.54 Å². The van der Waals surface area contributed by atoms with Gasteiger partial charge in [-0.05, 0) is 53.1 Å². The van der Waals surface area contributed by atoms with Crippen LogP contribution in [-0.4, -0.2) is 19.1 Å². The second-order valence-electron chi connectivity index (χ2n) is 7.64. The summed E-state index contributed by atoms with van der Waals surface area (Å²) >= 11 is 0. The van der Waals surface area contributed by atoms with Crippen molar-refractivity contribution in [2.45, 2.75) is 13.0 Å². The lowest BCUT2D eigenvalue weighted by molar-refractivity contribution is 0.0951. The molecular formula is C29H27NO3. The molecule has 0 fully saturated rings. The molecule has 0 heterocycles. The molecule has 1 N–H and O–H groups in total. The van der Waals surface area contributed by atoms with Gasteiger partial charge in [-0.1, -0.05) is 72.8 Å². The summed E-state index contributed by atoms with van der Waals surface area (Å²) in [5.74, 6) is 1.55. The van der Waals surface area contributed by atoms with Crippen molar-refractivity contribution in [2.24, 2.45) is 0 Å². The number of hydrogen-bond donors (Lipinski definition) is 1. The van der Waals surface area contributed by atoms with E-state index in [-0.39, 0.29) is 5.91 Å². The molecule has 0 radical (unpaired) electrons. The Hall–Kier alpha value is -4.05. The topological polar surface area (TPSA) is 47.6 Å². The van der Waals surface area contributed by atoms with Crippen LogP contribution < -0.4 is 14.8 Å². The van der Waals surface area contributed by atoms with E-state index >= 15 is 0 Å². The fourth-order valence-electron chi connectivity index (χ4n) is 3.45. The van der Waals surface area contributed by atoms with Crippen molar-refractivity contribution in [2.75, 3.05) is 13.2 Å². The Labute approximate surface area is 194 Å². The van der Waals surface area contributed by atoms with Crippen LogP contribution in [0.4, 0.5) is 0 Å². The van der Waals surface area contributed by atoms with E-state index in [0.29, 0.717) is 25.3 Å². The van der Waals surface area contributed by atoms with E-state index in [4.69, 9.17) is 9.47 Å². The summed E-state index contributed by atoms with van der Waals surface area (Å²) in [7, 11) is 0.